The molecule has 0 aliphatic carbocycles. The van der Waals surface area contributed by atoms with E-state index in [4.69, 9.17) is 14.0 Å². The van der Waals surface area contributed by atoms with Crippen LogP contribution in [0.1, 0.15) is 29.6 Å². The van der Waals surface area contributed by atoms with Crippen LogP contribution in [-0.4, -0.2) is 41.7 Å². The molecular formula is C15H18N2O4. The van der Waals surface area contributed by atoms with Crippen LogP contribution in [0.15, 0.2) is 28.8 Å². The van der Waals surface area contributed by atoms with E-state index in [1.165, 1.54) is 0 Å². The first-order chi connectivity index (χ1) is 10.3. The molecule has 2 heterocycles. The quantitative estimate of drug-likeness (QED) is 0.900. The number of hydrogen-bond donors (Lipinski definition) is 1. The van der Waals surface area contributed by atoms with Crippen LogP contribution in [0.2, 0.25) is 0 Å². The van der Waals surface area contributed by atoms with Crippen molar-refractivity contribution in [2.45, 2.75) is 24.9 Å². The molecule has 2 unspecified atom stereocenters. The highest BCUT2D eigenvalue weighted by molar-refractivity contribution is 5.40. The van der Waals surface area contributed by atoms with Crippen molar-refractivity contribution >= 4 is 0 Å². The number of fused-ring (bicyclic) bond motifs is 1. The normalized spacial score (nSPS) is 18.9. The second-order valence-electron chi connectivity index (χ2n) is 5.09. The van der Waals surface area contributed by atoms with Gasteiger partial charge in [-0.1, -0.05) is 23.4 Å². The molecule has 0 fully saturated rings. The Labute approximate surface area is 122 Å². The third-order valence-corrected chi connectivity index (χ3v) is 3.52. The van der Waals surface area contributed by atoms with E-state index in [9.17, 15) is 5.11 Å². The summed E-state index contributed by atoms with van der Waals surface area (Å²) in [4.78, 5) is 4.41. The van der Waals surface area contributed by atoms with Crippen molar-refractivity contribution in [3.05, 3.63) is 41.5 Å². The maximum atomic E-state index is 9.71. The molecule has 1 aromatic carbocycles. The Morgan fingerprint density at radius 3 is 3.14 bits per heavy atom. The molecule has 3 rings (SSSR count). The highest BCUT2D eigenvalue weighted by Crippen LogP contribution is 2.36. The standard InChI is InChI=1S/C15H18N2O4/c1-19-9-10(18)8-14-16-15(17-21-14)12-6-7-20-13-5-3-2-4-11(12)13/h2-5,10,12,18H,6-9H2,1H3. The number of ether oxygens (including phenoxy) is 2. The highest BCUT2D eigenvalue weighted by atomic mass is 16.5. The molecule has 1 aromatic heterocycles. The summed E-state index contributed by atoms with van der Waals surface area (Å²) in [5, 5.41) is 13.8. The molecule has 1 aliphatic heterocycles. The van der Waals surface area contributed by atoms with Gasteiger partial charge in [0.2, 0.25) is 5.89 Å². The summed E-state index contributed by atoms with van der Waals surface area (Å²) in [6, 6.07) is 7.90. The van der Waals surface area contributed by atoms with E-state index in [0.717, 1.165) is 17.7 Å². The van der Waals surface area contributed by atoms with E-state index in [-0.39, 0.29) is 12.5 Å². The average Bonchev–Trinajstić information content (AvgIpc) is 2.95. The first kappa shape index (κ1) is 14.0. The number of nitrogens with zero attached hydrogens (tertiary/aromatic N) is 2. The van der Waals surface area contributed by atoms with Crippen LogP contribution in [0, 0.1) is 0 Å². The van der Waals surface area contributed by atoms with Gasteiger partial charge in [-0.2, -0.15) is 4.98 Å². The Hall–Kier alpha value is -1.92. The number of aromatic nitrogens is 2. The fourth-order valence-electron chi connectivity index (χ4n) is 2.56. The first-order valence-corrected chi connectivity index (χ1v) is 6.99. The van der Waals surface area contributed by atoms with Crippen LogP contribution in [0.5, 0.6) is 5.75 Å². The fraction of sp³-hybridized carbons (Fsp3) is 0.467. The number of methoxy groups -OCH3 is 1. The summed E-state index contributed by atoms with van der Waals surface area (Å²) in [6.45, 7) is 0.885. The largest absolute Gasteiger partial charge is 0.493 e. The molecular weight excluding hydrogens is 272 g/mol. The zero-order valence-electron chi connectivity index (χ0n) is 11.9. The van der Waals surface area contributed by atoms with Gasteiger partial charge >= 0.3 is 0 Å². The predicted octanol–water partition coefficient (Wildman–Crippen LogP) is 1.53. The van der Waals surface area contributed by atoms with E-state index >= 15 is 0 Å². The van der Waals surface area contributed by atoms with E-state index in [2.05, 4.69) is 10.1 Å². The Morgan fingerprint density at radius 2 is 2.29 bits per heavy atom. The lowest BCUT2D eigenvalue weighted by atomic mass is 9.92. The molecule has 0 saturated carbocycles. The van der Waals surface area contributed by atoms with Crippen molar-refractivity contribution in [3.63, 3.8) is 0 Å². The smallest absolute Gasteiger partial charge is 0.229 e. The zero-order chi connectivity index (χ0) is 14.7. The first-order valence-electron chi connectivity index (χ1n) is 6.99. The Morgan fingerprint density at radius 1 is 1.43 bits per heavy atom. The lowest BCUT2D eigenvalue weighted by molar-refractivity contribution is 0.0599. The Kier molecular flexibility index (Phi) is 4.17. The molecule has 2 atom stereocenters. The lowest BCUT2D eigenvalue weighted by Gasteiger charge is -2.23. The predicted molar refractivity (Wildman–Crippen MR) is 74.3 cm³/mol. The van der Waals surface area contributed by atoms with Crippen molar-refractivity contribution in [1.29, 1.82) is 0 Å². The molecule has 0 bridgehead atoms. The monoisotopic (exact) mass is 290 g/mol. The summed E-state index contributed by atoms with van der Waals surface area (Å²) in [5.41, 5.74) is 1.08. The van der Waals surface area contributed by atoms with Crippen LogP contribution in [0.25, 0.3) is 0 Å². The third kappa shape index (κ3) is 3.06. The van der Waals surface area contributed by atoms with Crippen molar-refractivity contribution < 1.29 is 19.1 Å². The average molecular weight is 290 g/mol. The topological polar surface area (TPSA) is 77.6 Å². The van der Waals surface area contributed by atoms with Gasteiger partial charge in [0.15, 0.2) is 5.82 Å². The number of aliphatic hydroxyl groups is 1. The van der Waals surface area contributed by atoms with Gasteiger partial charge in [-0.25, -0.2) is 0 Å². The Bertz CT molecular complexity index is 599. The van der Waals surface area contributed by atoms with Crippen LogP contribution in [-0.2, 0) is 11.2 Å². The second-order valence-corrected chi connectivity index (χ2v) is 5.09. The van der Waals surface area contributed by atoms with E-state index in [0.29, 0.717) is 24.7 Å². The summed E-state index contributed by atoms with van der Waals surface area (Å²) in [7, 11) is 1.54. The SMILES string of the molecule is COCC(O)Cc1nc(C2CCOc3ccccc32)no1. The molecule has 1 aliphatic rings. The second kappa shape index (κ2) is 6.24. The van der Waals surface area contributed by atoms with E-state index in [1.807, 2.05) is 24.3 Å². The molecule has 6 nitrogen and oxygen atoms in total. The van der Waals surface area contributed by atoms with Crippen LogP contribution in [0.4, 0.5) is 0 Å². The maximum Gasteiger partial charge on any atom is 0.229 e. The van der Waals surface area contributed by atoms with E-state index < -0.39 is 6.10 Å². The van der Waals surface area contributed by atoms with Gasteiger partial charge in [0, 0.05) is 12.7 Å². The molecule has 2 aromatic rings. The highest BCUT2D eigenvalue weighted by Gasteiger charge is 2.27. The van der Waals surface area contributed by atoms with Gasteiger partial charge in [0.25, 0.3) is 0 Å². The molecule has 0 saturated heterocycles. The van der Waals surface area contributed by atoms with Crippen molar-refractivity contribution in [2.24, 2.45) is 0 Å². The molecule has 112 valence electrons. The minimum absolute atomic E-state index is 0.0759. The summed E-state index contributed by atoms with van der Waals surface area (Å²) < 4.78 is 15.8. The molecule has 1 N–H and O–H groups in total. The van der Waals surface area contributed by atoms with Crippen LogP contribution < -0.4 is 4.74 Å². The molecule has 6 heteroatoms. The number of benzene rings is 1. The van der Waals surface area contributed by atoms with Crippen molar-refractivity contribution in [1.82, 2.24) is 10.1 Å². The van der Waals surface area contributed by atoms with Crippen molar-refractivity contribution in [2.75, 3.05) is 20.3 Å². The zero-order valence-corrected chi connectivity index (χ0v) is 11.9. The maximum absolute atomic E-state index is 9.71. The number of aliphatic hydroxyl groups excluding tert-OH is 1. The number of hydrogen-bond acceptors (Lipinski definition) is 6. The van der Waals surface area contributed by atoms with E-state index in [1.54, 1.807) is 7.11 Å². The van der Waals surface area contributed by atoms with Gasteiger partial charge in [-0.15, -0.1) is 0 Å². The molecule has 0 spiro atoms. The van der Waals surface area contributed by atoms with Gasteiger partial charge < -0.3 is 19.1 Å². The minimum Gasteiger partial charge on any atom is -0.493 e. The van der Waals surface area contributed by atoms with Crippen LogP contribution in [0.3, 0.4) is 0 Å². The summed E-state index contributed by atoms with van der Waals surface area (Å²) in [5.74, 6) is 2.02. The molecule has 0 amide bonds. The van der Waals surface area contributed by atoms with Gasteiger partial charge in [0.05, 0.1) is 31.7 Å². The number of rotatable bonds is 5. The minimum atomic E-state index is -0.634. The van der Waals surface area contributed by atoms with Crippen molar-refractivity contribution in [3.8, 4) is 5.75 Å². The van der Waals surface area contributed by atoms with Gasteiger partial charge in [-0.05, 0) is 12.5 Å². The Balaban J connectivity index is 1.78. The molecule has 21 heavy (non-hydrogen) atoms. The molecule has 0 radical (unpaired) electrons. The van der Waals surface area contributed by atoms with Gasteiger partial charge in [0.1, 0.15) is 5.75 Å². The van der Waals surface area contributed by atoms with Gasteiger partial charge in [-0.3, -0.25) is 0 Å². The number of para-hydroxylation sites is 1. The summed E-state index contributed by atoms with van der Waals surface area (Å²) >= 11 is 0. The summed E-state index contributed by atoms with van der Waals surface area (Å²) in [6.07, 6.45) is 0.479. The third-order valence-electron chi connectivity index (χ3n) is 3.52. The van der Waals surface area contributed by atoms with Crippen LogP contribution >= 0.6 is 0 Å². The lowest BCUT2D eigenvalue weighted by Crippen LogP contribution is -2.18. The fourth-order valence-corrected chi connectivity index (χ4v) is 2.56.